The Labute approximate surface area is 276 Å². The van der Waals surface area contributed by atoms with Crippen molar-refractivity contribution in [1.29, 1.82) is 0 Å². The molecule has 4 heteroatoms. The highest BCUT2D eigenvalue weighted by atomic mass is 16.5. The molecule has 0 radical (unpaired) electrons. The fourth-order valence-corrected chi connectivity index (χ4v) is 8.77. The molecule has 8 atom stereocenters. The van der Waals surface area contributed by atoms with Gasteiger partial charge >= 0.3 is 0 Å². The van der Waals surface area contributed by atoms with E-state index in [9.17, 15) is 0 Å². The summed E-state index contributed by atoms with van der Waals surface area (Å²) in [6.07, 6.45) is 31.0. The van der Waals surface area contributed by atoms with E-state index in [0.29, 0.717) is 29.6 Å². The van der Waals surface area contributed by atoms with Crippen molar-refractivity contribution in [2.45, 2.75) is 90.3 Å². The highest BCUT2D eigenvalue weighted by Gasteiger charge is 2.45. The predicted octanol–water partition coefficient (Wildman–Crippen LogP) is 9.73. The monoisotopic (exact) mass is 615 g/mol. The van der Waals surface area contributed by atoms with Crippen LogP contribution in [0.4, 0.5) is 0 Å². The summed E-state index contributed by atoms with van der Waals surface area (Å²) < 4.78 is 6.72. The Kier molecular flexibility index (Phi) is 9.36. The number of allylic oxidation sites excluding steroid dienone is 7. The fraction of sp³-hybridized carbons (Fsp3) is 0.500. The van der Waals surface area contributed by atoms with Gasteiger partial charge in [0.25, 0.3) is 0 Å². The molecule has 3 N–H and O–H groups in total. The highest BCUT2D eigenvalue weighted by Crippen LogP contribution is 2.48. The Bertz CT molecular complexity index is 1580. The van der Waals surface area contributed by atoms with Crippen molar-refractivity contribution in [1.82, 2.24) is 5.32 Å². The summed E-state index contributed by atoms with van der Waals surface area (Å²) in [5, 5.41) is 6.24. The van der Waals surface area contributed by atoms with Crippen molar-refractivity contribution in [3.8, 4) is 0 Å². The van der Waals surface area contributed by atoms with E-state index in [-0.39, 0.29) is 17.7 Å². The van der Waals surface area contributed by atoms with E-state index in [1.807, 2.05) is 0 Å². The third-order valence-corrected chi connectivity index (χ3v) is 11.6. The van der Waals surface area contributed by atoms with Crippen molar-refractivity contribution in [2.24, 2.45) is 45.7 Å². The van der Waals surface area contributed by atoms with Gasteiger partial charge in [-0.05, 0) is 116 Å². The molecule has 1 saturated carbocycles. The van der Waals surface area contributed by atoms with Crippen LogP contribution in [-0.4, -0.2) is 18.5 Å². The molecule has 0 amide bonds. The van der Waals surface area contributed by atoms with Crippen LogP contribution in [0.3, 0.4) is 0 Å². The van der Waals surface area contributed by atoms with Crippen LogP contribution in [0.5, 0.6) is 0 Å². The van der Waals surface area contributed by atoms with Gasteiger partial charge in [0.2, 0.25) is 0 Å². The first kappa shape index (κ1) is 31.2. The van der Waals surface area contributed by atoms with E-state index in [2.05, 4.69) is 110 Å². The quantitative estimate of drug-likeness (QED) is 0.147. The van der Waals surface area contributed by atoms with Crippen LogP contribution in [0.15, 0.2) is 107 Å². The zero-order chi connectivity index (χ0) is 31.5. The molecule has 242 valence electrons. The van der Waals surface area contributed by atoms with E-state index in [0.717, 1.165) is 36.5 Å². The van der Waals surface area contributed by atoms with Crippen LogP contribution in [0.1, 0.15) is 89.8 Å². The number of ether oxygens (including phenoxy) is 1. The molecule has 4 aliphatic carbocycles. The number of rotatable bonds is 6. The molecule has 1 saturated heterocycles. The molecule has 5 aliphatic rings. The summed E-state index contributed by atoms with van der Waals surface area (Å²) in [6.45, 7) is 5.51. The first-order chi connectivity index (χ1) is 22.5. The minimum Gasteiger partial charge on any atom is -0.486 e. The van der Waals surface area contributed by atoms with Crippen LogP contribution < -0.4 is 11.1 Å². The first-order valence-electron chi connectivity index (χ1n) is 18.2. The Hall–Kier alpha value is -3.37. The lowest BCUT2D eigenvalue weighted by Crippen LogP contribution is -2.46. The van der Waals surface area contributed by atoms with Gasteiger partial charge in [-0.15, -0.1) is 0 Å². The molecule has 0 aromatic heterocycles. The van der Waals surface area contributed by atoms with Crippen LogP contribution >= 0.6 is 0 Å². The minimum absolute atomic E-state index is 0.0949. The second-order valence-electron chi connectivity index (χ2n) is 14.8. The van der Waals surface area contributed by atoms with Gasteiger partial charge in [0, 0.05) is 17.9 Å². The number of nitrogens with one attached hydrogen (secondary N) is 1. The molecule has 7 rings (SSSR count). The normalized spacial score (nSPS) is 35.5. The molecule has 2 aromatic rings. The number of aliphatic imine (C=N–C) groups is 1. The van der Waals surface area contributed by atoms with E-state index in [4.69, 9.17) is 15.5 Å². The van der Waals surface area contributed by atoms with Gasteiger partial charge in [-0.3, -0.25) is 4.99 Å². The second kappa shape index (κ2) is 13.8. The maximum absolute atomic E-state index is 7.00. The maximum atomic E-state index is 7.00. The predicted molar refractivity (Wildman–Crippen MR) is 192 cm³/mol. The molecule has 2 fully saturated rings. The van der Waals surface area contributed by atoms with Crippen molar-refractivity contribution in [2.75, 3.05) is 6.54 Å². The second-order valence-corrected chi connectivity index (χ2v) is 14.8. The lowest BCUT2D eigenvalue weighted by atomic mass is 9.70. The van der Waals surface area contributed by atoms with Crippen molar-refractivity contribution < 1.29 is 4.74 Å². The van der Waals surface area contributed by atoms with Crippen LogP contribution in [-0.2, 0) is 4.74 Å². The molecule has 46 heavy (non-hydrogen) atoms. The van der Waals surface area contributed by atoms with Crippen molar-refractivity contribution in [3.05, 3.63) is 108 Å². The summed E-state index contributed by atoms with van der Waals surface area (Å²) in [7, 11) is 0. The van der Waals surface area contributed by atoms with E-state index in [1.165, 1.54) is 67.7 Å². The van der Waals surface area contributed by atoms with E-state index >= 15 is 0 Å². The number of hydrogen-bond donors (Lipinski definition) is 2. The van der Waals surface area contributed by atoms with Gasteiger partial charge in [-0.2, -0.15) is 0 Å². The number of nitrogens with zero attached hydrogens (tertiary/aromatic N) is 1. The Morgan fingerprint density at radius 3 is 2.76 bits per heavy atom. The summed E-state index contributed by atoms with van der Waals surface area (Å²) >= 11 is 0. The lowest BCUT2D eigenvalue weighted by molar-refractivity contribution is 0.150. The van der Waals surface area contributed by atoms with Crippen LogP contribution in [0.25, 0.3) is 10.8 Å². The van der Waals surface area contributed by atoms with Gasteiger partial charge in [0.1, 0.15) is 23.9 Å². The number of amidine groups is 1. The van der Waals surface area contributed by atoms with Gasteiger partial charge in [0.05, 0.1) is 0 Å². The Morgan fingerprint density at radius 1 is 1.00 bits per heavy atom. The van der Waals surface area contributed by atoms with Gasteiger partial charge in [-0.25, -0.2) is 0 Å². The zero-order valence-corrected chi connectivity index (χ0v) is 27.9. The topological polar surface area (TPSA) is 59.6 Å². The third-order valence-electron chi connectivity index (χ3n) is 11.6. The Balaban J connectivity index is 1.19. The number of nitrogens with two attached hydrogens (primary N) is 1. The molecule has 0 spiro atoms. The summed E-state index contributed by atoms with van der Waals surface area (Å²) in [5.41, 5.74) is 9.24. The van der Waals surface area contributed by atoms with Gasteiger partial charge in [0.15, 0.2) is 0 Å². The number of benzene rings is 2. The molecule has 1 heterocycles. The molecular formula is C42H53N3O. The van der Waals surface area contributed by atoms with Crippen LogP contribution in [0, 0.1) is 35.0 Å². The molecule has 2 aromatic carbocycles. The molecule has 0 bridgehead atoms. The molecule has 7 unspecified atom stereocenters. The van der Waals surface area contributed by atoms with E-state index in [1.54, 1.807) is 0 Å². The molecular weight excluding hydrogens is 562 g/mol. The fourth-order valence-electron chi connectivity index (χ4n) is 8.77. The first-order valence-corrected chi connectivity index (χ1v) is 18.2. The average Bonchev–Trinajstić information content (AvgIpc) is 3.42. The third kappa shape index (κ3) is 6.56. The highest BCUT2D eigenvalue weighted by molar-refractivity contribution is 5.90. The SMILES string of the molecule is CCC1/C=C2/OC3C=CC(C)(C(=NCC4CCCC5C=CC=C[C@H]54)NC(N)c4ccc5ccccc5c4)CC3/C2=C/CCCCC1. The van der Waals surface area contributed by atoms with Gasteiger partial charge < -0.3 is 15.8 Å². The summed E-state index contributed by atoms with van der Waals surface area (Å²) in [6, 6.07) is 15.1. The van der Waals surface area contributed by atoms with Crippen molar-refractivity contribution in [3.63, 3.8) is 0 Å². The van der Waals surface area contributed by atoms with Crippen LogP contribution in [0.2, 0.25) is 0 Å². The average molecular weight is 616 g/mol. The van der Waals surface area contributed by atoms with Gasteiger partial charge in [-0.1, -0.05) is 99.0 Å². The smallest absolute Gasteiger partial charge is 0.124 e. The standard InChI is InChI=1S/C42H53N3O/c1-3-29-13-6-4-5-7-20-36-37-27-42(2,24-23-38(37)46-39(36)25-29)41(44-28-34-18-12-17-31-15-10-11-19-35(31)34)45-40(43)33-22-21-30-14-8-9-16-32(30)26-33/h8-11,14-16,19-26,29,31,34-35,37-38,40H,3-7,12-13,17-18,27-28,43H2,1-2H3,(H,44,45)/b36-20-,39-25+/t29?,31?,34?,35-,37?,38?,40?,42?/m1/s1. The summed E-state index contributed by atoms with van der Waals surface area (Å²) in [5.74, 6) is 4.85. The van der Waals surface area contributed by atoms with E-state index < -0.39 is 0 Å². The minimum atomic E-state index is -0.351. The number of fused-ring (bicyclic) bond motifs is 5. The maximum Gasteiger partial charge on any atom is 0.124 e. The van der Waals surface area contributed by atoms with Crippen molar-refractivity contribution >= 4 is 16.6 Å². The zero-order valence-electron chi connectivity index (χ0n) is 27.9. The number of hydrogen-bond acceptors (Lipinski definition) is 3. The largest absolute Gasteiger partial charge is 0.486 e. The summed E-state index contributed by atoms with van der Waals surface area (Å²) in [4.78, 5) is 5.51. The molecule has 4 nitrogen and oxygen atoms in total. The lowest BCUT2D eigenvalue weighted by Gasteiger charge is -2.38. The Morgan fingerprint density at radius 2 is 1.87 bits per heavy atom. The molecule has 1 aliphatic heterocycles.